The minimum absolute atomic E-state index is 0.133. The number of nitrogens with one attached hydrogen (secondary N) is 1. The molecule has 0 amide bonds. The maximum absolute atomic E-state index is 13.4. The summed E-state index contributed by atoms with van der Waals surface area (Å²) in [5.74, 6) is -0.133. The summed E-state index contributed by atoms with van der Waals surface area (Å²) in [5, 5.41) is 3.23. The van der Waals surface area contributed by atoms with E-state index in [0.29, 0.717) is 6.61 Å². The van der Waals surface area contributed by atoms with E-state index in [1.54, 1.807) is 7.11 Å². The van der Waals surface area contributed by atoms with Gasteiger partial charge in [-0.25, -0.2) is 4.39 Å². The van der Waals surface area contributed by atoms with E-state index < -0.39 is 0 Å². The molecule has 1 aromatic carbocycles. The number of methoxy groups -OCH3 is 1. The summed E-state index contributed by atoms with van der Waals surface area (Å²) in [5.41, 5.74) is 0.775. The fourth-order valence-electron chi connectivity index (χ4n) is 1.43. The second-order valence-electron chi connectivity index (χ2n) is 3.58. The van der Waals surface area contributed by atoms with Crippen LogP contribution in [0.1, 0.15) is 12.0 Å². The van der Waals surface area contributed by atoms with Gasteiger partial charge in [-0.1, -0.05) is 22.0 Å². The Morgan fingerprint density at radius 2 is 2.19 bits per heavy atom. The third-order valence-corrected chi connectivity index (χ3v) is 2.79. The largest absolute Gasteiger partial charge is 0.383 e. The topological polar surface area (TPSA) is 21.3 Å². The standard InChI is InChI=1S/C12H17BrFNO/c1-16-8-7-15-6-2-3-10-4-5-11(13)9-12(10)14/h4-5,9,15H,2-3,6-8H2,1H3. The van der Waals surface area contributed by atoms with Crippen molar-refractivity contribution in [1.29, 1.82) is 0 Å². The Balaban J connectivity index is 2.21. The predicted octanol–water partition coefficient (Wildman–Crippen LogP) is 2.76. The van der Waals surface area contributed by atoms with E-state index in [-0.39, 0.29) is 5.82 Å². The molecule has 0 spiro atoms. The van der Waals surface area contributed by atoms with Crippen molar-refractivity contribution in [2.75, 3.05) is 26.8 Å². The molecule has 0 fully saturated rings. The first-order chi connectivity index (χ1) is 7.74. The fraction of sp³-hybridized carbons (Fsp3) is 0.500. The van der Waals surface area contributed by atoms with E-state index in [0.717, 1.165) is 36.0 Å². The predicted molar refractivity (Wildman–Crippen MR) is 67.2 cm³/mol. The van der Waals surface area contributed by atoms with Gasteiger partial charge < -0.3 is 10.1 Å². The molecule has 2 nitrogen and oxygen atoms in total. The number of ether oxygens (including phenoxy) is 1. The zero-order valence-electron chi connectivity index (χ0n) is 9.43. The summed E-state index contributed by atoms with van der Waals surface area (Å²) in [6.45, 7) is 2.45. The molecule has 0 aromatic heterocycles. The minimum atomic E-state index is -0.133. The summed E-state index contributed by atoms with van der Waals surface area (Å²) in [6, 6.07) is 5.21. The van der Waals surface area contributed by atoms with Crippen LogP contribution in [0.15, 0.2) is 22.7 Å². The average molecular weight is 290 g/mol. The van der Waals surface area contributed by atoms with Crippen LogP contribution in [0, 0.1) is 5.82 Å². The monoisotopic (exact) mass is 289 g/mol. The molecule has 0 aliphatic rings. The summed E-state index contributed by atoms with van der Waals surface area (Å²) < 4.78 is 19.1. The number of rotatable bonds is 7. The summed E-state index contributed by atoms with van der Waals surface area (Å²) in [4.78, 5) is 0. The molecule has 1 aromatic rings. The lowest BCUT2D eigenvalue weighted by atomic mass is 10.1. The van der Waals surface area contributed by atoms with Crippen molar-refractivity contribution in [1.82, 2.24) is 5.32 Å². The van der Waals surface area contributed by atoms with Crippen molar-refractivity contribution in [2.45, 2.75) is 12.8 Å². The second-order valence-corrected chi connectivity index (χ2v) is 4.50. The Kier molecular flexibility index (Phi) is 6.61. The maximum Gasteiger partial charge on any atom is 0.127 e. The Hall–Kier alpha value is -0.450. The highest BCUT2D eigenvalue weighted by Crippen LogP contribution is 2.16. The van der Waals surface area contributed by atoms with Crippen LogP contribution in [0.3, 0.4) is 0 Å². The number of hydrogen-bond acceptors (Lipinski definition) is 2. The number of benzene rings is 1. The Labute approximate surface area is 104 Å². The average Bonchev–Trinajstić information content (AvgIpc) is 2.26. The van der Waals surface area contributed by atoms with Crippen molar-refractivity contribution in [3.05, 3.63) is 34.1 Å². The van der Waals surface area contributed by atoms with Crippen LogP contribution in [0.4, 0.5) is 4.39 Å². The molecule has 0 saturated carbocycles. The molecule has 4 heteroatoms. The van der Waals surface area contributed by atoms with E-state index in [1.165, 1.54) is 6.07 Å². The molecule has 0 unspecified atom stereocenters. The molecule has 0 bridgehead atoms. The van der Waals surface area contributed by atoms with E-state index in [1.807, 2.05) is 12.1 Å². The highest BCUT2D eigenvalue weighted by Gasteiger charge is 2.01. The highest BCUT2D eigenvalue weighted by molar-refractivity contribution is 9.10. The molecular formula is C12H17BrFNO. The molecule has 0 aliphatic carbocycles. The van der Waals surface area contributed by atoms with Crippen LogP contribution in [0.25, 0.3) is 0 Å². The lowest BCUT2D eigenvalue weighted by Crippen LogP contribution is -2.20. The first-order valence-electron chi connectivity index (χ1n) is 5.37. The quantitative estimate of drug-likeness (QED) is 0.780. The van der Waals surface area contributed by atoms with Crippen molar-refractivity contribution >= 4 is 15.9 Å². The number of halogens is 2. The van der Waals surface area contributed by atoms with Crippen LogP contribution < -0.4 is 5.32 Å². The maximum atomic E-state index is 13.4. The molecule has 16 heavy (non-hydrogen) atoms. The van der Waals surface area contributed by atoms with Gasteiger partial charge in [-0.15, -0.1) is 0 Å². The van der Waals surface area contributed by atoms with Gasteiger partial charge in [-0.05, 0) is 37.1 Å². The smallest absolute Gasteiger partial charge is 0.127 e. The molecule has 0 radical (unpaired) electrons. The van der Waals surface area contributed by atoms with Gasteiger partial charge in [-0.3, -0.25) is 0 Å². The van der Waals surface area contributed by atoms with Gasteiger partial charge in [0.2, 0.25) is 0 Å². The van der Waals surface area contributed by atoms with Gasteiger partial charge in [0.05, 0.1) is 6.61 Å². The van der Waals surface area contributed by atoms with Gasteiger partial charge in [0.15, 0.2) is 0 Å². The highest BCUT2D eigenvalue weighted by atomic mass is 79.9. The molecule has 1 rings (SSSR count). The number of aryl methyl sites for hydroxylation is 1. The zero-order chi connectivity index (χ0) is 11.8. The van der Waals surface area contributed by atoms with Crippen molar-refractivity contribution in [3.63, 3.8) is 0 Å². The fourth-order valence-corrected chi connectivity index (χ4v) is 1.76. The lowest BCUT2D eigenvalue weighted by Gasteiger charge is -2.05. The molecule has 0 saturated heterocycles. The SMILES string of the molecule is COCCNCCCc1ccc(Br)cc1F. The number of hydrogen-bond donors (Lipinski definition) is 1. The van der Waals surface area contributed by atoms with Crippen molar-refractivity contribution in [3.8, 4) is 0 Å². The van der Waals surface area contributed by atoms with Gasteiger partial charge in [0, 0.05) is 18.1 Å². The van der Waals surface area contributed by atoms with Gasteiger partial charge in [-0.2, -0.15) is 0 Å². The van der Waals surface area contributed by atoms with Crippen LogP contribution in [0.2, 0.25) is 0 Å². The van der Waals surface area contributed by atoms with E-state index in [4.69, 9.17) is 4.74 Å². The molecular weight excluding hydrogens is 273 g/mol. The summed E-state index contributed by atoms with van der Waals surface area (Å²) in [7, 11) is 1.68. The summed E-state index contributed by atoms with van der Waals surface area (Å²) in [6.07, 6.45) is 1.70. The van der Waals surface area contributed by atoms with Crippen molar-refractivity contribution in [2.24, 2.45) is 0 Å². The van der Waals surface area contributed by atoms with Crippen molar-refractivity contribution < 1.29 is 9.13 Å². The van der Waals surface area contributed by atoms with E-state index in [9.17, 15) is 4.39 Å². The summed E-state index contributed by atoms with van der Waals surface area (Å²) >= 11 is 3.24. The first-order valence-corrected chi connectivity index (χ1v) is 6.17. The molecule has 0 atom stereocenters. The second kappa shape index (κ2) is 7.76. The van der Waals surface area contributed by atoms with Crippen LogP contribution in [0.5, 0.6) is 0 Å². The Morgan fingerprint density at radius 1 is 1.38 bits per heavy atom. The van der Waals surface area contributed by atoms with Crippen LogP contribution in [-0.2, 0) is 11.2 Å². The van der Waals surface area contributed by atoms with Gasteiger partial charge >= 0.3 is 0 Å². The van der Waals surface area contributed by atoms with Crippen LogP contribution in [-0.4, -0.2) is 26.8 Å². The minimum Gasteiger partial charge on any atom is -0.383 e. The van der Waals surface area contributed by atoms with Gasteiger partial charge in [0.1, 0.15) is 5.82 Å². The van der Waals surface area contributed by atoms with Crippen LogP contribution >= 0.6 is 15.9 Å². The first kappa shape index (κ1) is 13.6. The lowest BCUT2D eigenvalue weighted by molar-refractivity contribution is 0.199. The normalized spacial score (nSPS) is 10.7. The zero-order valence-corrected chi connectivity index (χ0v) is 11.0. The third kappa shape index (κ3) is 5.05. The molecule has 1 N–H and O–H groups in total. The molecule has 0 heterocycles. The van der Waals surface area contributed by atoms with Gasteiger partial charge in [0.25, 0.3) is 0 Å². The van der Waals surface area contributed by atoms with E-state index >= 15 is 0 Å². The third-order valence-electron chi connectivity index (χ3n) is 2.30. The Morgan fingerprint density at radius 3 is 2.88 bits per heavy atom. The molecule has 0 aliphatic heterocycles. The van der Waals surface area contributed by atoms with E-state index in [2.05, 4.69) is 21.2 Å². The Bertz CT molecular complexity index is 320. The molecule has 90 valence electrons.